The van der Waals surface area contributed by atoms with Crippen molar-refractivity contribution in [3.05, 3.63) is 0 Å². The first-order valence-electron chi connectivity index (χ1n) is 10.6. The summed E-state index contributed by atoms with van der Waals surface area (Å²) in [5.41, 5.74) is 0. The van der Waals surface area contributed by atoms with Crippen LogP contribution < -0.4 is 0 Å². The van der Waals surface area contributed by atoms with Crippen molar-refractivity contribution in [2.24, 2.45) is 0 Å². The highest BCUT2D eigenvalue weighted by Gasteiger charge is 2.38. The van der Waals surface area contributed by atoms with Crippen LogP contribution in [-0.4, -0.2) is 53.6 Å². The van der Waals surface area contributed by atoms with E-state index < -0.39 is 0 Å². The minimum absolute atomic E-state index is 0.0716. The molecule has 1 aliphatic heterocycles. The van der Waals surface area contributed by atoms with Crippen LogP contribution in [0.15, 0.2) is 0 Å². The molecule has 0 bridgehead atoms. The molecule has 1 amide bonds. The normalized spacial score (nSPS) is 17.6. The standard InChI is InChI=1S/C21H37NO5S/c1-4-5-6-7-10-13-18(27-17(2)23)21-22(19(24)16-28-21)15-12-9-8-11-14-20(25)26-3/h18,21H,4-16H2,1-3H3/t18-,21?/m0/s1. The van der Waals surface area contributed by atoms with E-state index in [9.17, 15) is 14.4 Å². The third kappa shape index (κ3) is 9.80. The molecule has 6 nitrogen and oxygen atoms in total. The summed E-state index contributed by atoms with van der Waals surface area (Å²) in [7, 11) is 1.41. The van der Waals surface area contributed by atoms with Crippen LogP contribution >= 0.6 is 11.8 Å². The summed E-state index contributed by atoms with van der Waals surface area (Å²) in [5, 5.41) is -0.0716. The fourth-order valence-electron chi connectivity index (χ4n) is 3.46. The number of methoxy groups -OCH3 is 1. The second-order valence-electron chi connectivity index (χ2n) is 7.38. The average molecular weight is 416 g/mol. The van der Waals surface area contributed by atoms with Gasteiger partial charge in [0.05, 0.1) is 12.9 Å². The molecule has 0 saturated carbocycles. The topological polar surface area (TPSA) is 72.9 Å². The summed E-state index contributed by atoms with van der Waals surface area (Å²) in [6.07, 6.45) is 10.4. The molecular weight excluding hydrogens is 378 g/mol. The van der Waals surface area contributed by atoms with Gasteiger partial charge in [-0.05, 0) is 25.7 Å². The number of hydrogen-bond acceptors (Lipinski definition) is 6. The SMILES string of the molecule is CCCCCCC[C@H](OC(C)=O)C1SCC(=O)N1CCCCCCC(=O)OC. The number of esters is 2. The number of ether oxygens (including phenoxy) is 2. The average Bonchev–Trinajstić information content (AvgIpc) is 3.03. The third-order valence-electron chi connectivity index (χ3n) is 4.99. The second kappa shape index (κ2) is 14.7. The maximum Gasteiger partial charge on any atom is 0.305 e. The number of carbonyl (C=O) groups excluding carboxylic acids is 3. The molecule has 1 fully saturated rings. The van der Waals surface area contributed by atoms with Gasteiger partial charge in [0.1, 0.15) is 11.5 Å². The maximum atomic E-state index is 12.3. The second-order valence-corrected chi connectivity index (χ2v) is 8.48. The number of hydrogen-bond donors (Lipinski definition) is 0. The number of carbonyl (C=O) groups is 3. The molecule has 28 heavy (non-hydrogen) atoms. The Morgan fingerprint density at radius 1 is 1.11 bits per heavy atom. The molecule has 2 atom stereocenters. The quantitative estimate of drug-likeness (QED) is 0.293. The molecule has 0 aromatic heterocycles. The van der Waals surface area contributed by atoms with Crippen molar-refractivity contribution >= 4 is 29.6 Å². The van der Waals surface area contributed by atoms with Crippen molar-refractivity contribution in [2.45, 2.75) is 96.0 Å². The van der Waals surface area contributed by atoms with Gasteiger partial charge >= 0.3 is 11.9 Å². The Kier molecular flexibility index (Phi) is 13.0. The Labute approximate surface area is 174 Å². The van der Waals surface area contributed by atoms with E-state index in [0.29, 0.717) is 18.7 Å². The lowest BCUT2D eigenvalue weighted by molar-refractivity contribution is -0.150. The summed E-state index contributed by atoms with van der Waals surface area (Å²) in [4.78, 5) is 36.9. The molecule has 0 aliphatic carbocycles. The number of unbranched alkanes of at least 4 members (excludes halogenated alkanes) is 7. The zero-order valence-corrected chi connectivity index (χ0v) is 18.6. The number of nitrogens with zero attached hydrogens (tertiary/aromatic N) is 1. The lowest BCUT2D eigenvalue weighted by Crippen LogP contribution is -2.42. The Morgan fingerprint density at radius 3 is 2.46 bits per heavy atom. The van der Waals surface area contributed by atoms with Crippen molar-refractivity contribution in [1.82, 2.24) is 4.90 Å². The van der Waals surface area contributed by atoms with Crippen molar-refractivity contribution in [3.63, 3.8) is 0 Å². The zero-order chi connectivity index (χ0) is 20.8. The summed E-state index contributed by atoms with van der Waals surface area (Å²) in [6, 6.07) is 0. The fraction of sp³-hybridized carbons (Fsp3) is 0.857. The van der Waals surface area contributed by atoms with Crippen LogP contribution in [-0.2, 0) is 23.9 Å². The van der Waals surface area contributed by atoms with E-state index in [2.05, 4.69) is 11.7 Å². The highest BCUT2D eigenvalue weighted by atomic mass is 32.2. The molecule has 0 radical (unpaired) electrons. The van der Waals surface area contributed by atoms with Crippen molar-refractivity contribution in [3.8, 4) is 0 Å². The predicted octanol–water partition coefficient (Wildman–Crippen LogP) is 4.30. The largest absolute Gasteiger partial charge is 0.469 e. The molecule has 1 heterocycles. The number of thioether (sulfide) groups is 1. The first-order chi connectivity index (χ1) is 13.5. The van der Waals surface area contributed by atoms with Crippen molar-refractivity contribution in [2.75, 3.05) is 19.4 Å². The van der Waals surface area contributed by atoms with Gasteiger partial charge in [0.2, 0.25) is 5.91 Å². The van der Waals surface area contributed by atoms with Crippen LogP contribution in [0.5, 0.6) is 0 Å². The smallest absolute Gasteiger partial charge is 0.305 e. The molecular formula is C21H37NO5S. The molecule has 1 unspecified atom stereocenters. The van der Waals surface area contributed by atoms with Gasteiger partial charge in [-0.1, -0.05) is 45.4 Å². The van der Waals surface area contributed by atoms with E-state index in [-0.39, 0.29) is 29.3 Å². The molecule has 0 N–H and O–H groups in total. The Hall–Kier alpha value is -1.24. The third-order valence-corrected chi connectivity index (χ3v) is 6.30. The summed E-state index contributed by atoms with van der Waals surface area (Å²) >= 11 is 1.59. The van der Waals surface area contributed by atoms with Gasteiger partial charge in [-0.2, -0.15) is 0 Å². The predicted molar refractivity (Wildman–Crippen MR) is 112 cm³/mol. The Morgan fingerprint density at radius 2 is 1.79 bits per heavy atom. The number of rotatable bonds is 15. The van der Waals surface area contributed by atoms with E-state index in [1.165, 1.54) is 33.3 Å². The highest BCUT2D eigenvalue weighted by Crippen LogP contribution is 2.32. The van der Waals surface area contributed by atoms with Gasteiger partial charge in [0.15, 0.2) is 0 Å². The Bertz CT molecular complexity index is 485. The van der Waals surface area contributed by atoms with E-state index in [1.807, 2.05) is 4.90 Å². The minimum Gasteiger partial charge on any atom is -0.469 e. The molecule has 1 aliphatic rings. The van der Waals surface area contributed by atoms with Crippen LogP contribution in [0.3, 0.4) is 0 Å². The summed E-state index contributed by atoms with van der Waals surface area (Å²) in [5.74, 6) is 0.143. The van der Waals surface area contributed by atoms with E-state index in [1.54, 1.807) is 11.8 Å². The molecule has 1 rings (SSSR count). The van der Waals surface area contributed by atoms with E-state index >= 15 is 0 Å². The minimum atomic E-state index is -0.277. The van der Waals surface area contributed by atoms with E-state index in [4.69, 9.17) is 4.74 Å². The fourth-order valence-corrected chi connectivity index (χ4v) is 4.75. The van der Waals surface area contributed by atoms with E-state index in [0.717, 1.165) is 44.9 Å². The molecule has 1 saturated heterocycles. The lowest BCUT2D eigenvalue weighted by atomic mass is 10.1. The van der Waals surface area contributed by atoms with Crippen LogP contribution in [0, 0.1) is 0 Å². The van der Waals surface area contributed by atoms with Crippen molar-refractivity contribution in [1.29, 1.82) is 0 Å². The monoisotopic (exact) mass is 415 g/mol. The molecule has 0 spiro atoms. The van der Waals surface area contributed by atoms with Gasteiger partial charge in [-0.25, -0.2) is 0 Å². The van der Waals surface area contributed by atoms with Gasteiger partial charge < -0.3 is 14.4 Å². The van der Waals surface area contributed by atoms with Gasteiger partial charge in [0.25, 0.3) is 0 Å². The highest BCUT2D eigenvalue weighted by molar-refractivity contribution is 8.01. The first-order valence-corrected chi connectivity index (χ1v) is 11.7. The zero-order valence-electron chi connectivity index (χ0n) is 17.7. The van der Waals surface area contributed by atoms with Gasteiger partial charge in [-0.3, -0.25) is 14.4 Å². The van der Waals surface area contributed by atoms with Crippen LogP contribution in [0.25, 0.3) is 0 Å². The van der Waals surface area contributed by atoms with Crippen molar-refractivity contribution < 1.29 is 23.9 Å². The molecule has 7 heteroatoms. The Balaban J connectivity index is 2.45. The summed E-state index contributed by atoms with van der Waals surface area (Å²) < 4.78 is 10.2. The van der Waals surface area contributed by atoms with Crippen LogP contribution in [0.4, 0.5) is 0 Å². The first kappa shape index (κ1) is 24.8. The van der Waals surface area contributed by atoms with Gasteiger partial charge in [0, 0.05) is 19.9 Å². The van der Waals surface area contributed by atoms with Gasteiger partial charge in [-0.15, -0.1) is 11.8 Å². The molecule has 162 valence electrons. The van der Waals surface area contributed by atoms with Crippen LogP contribution in [0.2, 0.25) is 0 Å². The molecule has 0 aromatic carbocycles. The maximum absolute atomic E-state index is 12.3. The summed E-state index contributed by atoms with van der Waals surface area (Å²) in [6.45, 7) is 4.31. The number of amides is 1. The van der Waals surface area contributed by atoms with Crippen LogP contribution in [0.1, 0.15) is 84.5 Å². The lowest BCUT2D eigenvalue weighted by Gasteiger charge is -2.30. The molecule has 0 aromatic rings.